The number of hydrogen-bond acceptors (Lipinski definition) is 3. The van der Waals surface area contributed by atoms with Crippen LogP contribution in [0.4, 0.5) is 0 Å². The van der Waals surface area contributed by atoms with Gasteiger partial charge in [-0.2, -0.15) is 0 Å². The monoisotopic (exact) mass is 326 g/mol. The van der Waals surface area contributed by atoms with Crippen molar-refractivity contribution in [3.05, 3.63) is 58.8 Å². The molecule has 0 saturated carbocycles. The summed E-state index contributed by atoms with van der Waals surface area (Å²) in [6.07, 6.45) is 2.71. The molecule has 0 aliphatic heterocycles. The second-order valence-electron chi connectivity index (χ2n) is 5.80. The van der Waals surface area contributed by atoms with Gasteiger partial charge in [-0.15, -0.1) is 0 Å². The second kappa shape index (κ2) is 8.91. The maximum absolute atomic E-state index is 5.14. The van der Waals surface area contributed by atoms with E-state index in [9.17, 15) is 0 Å². The zero-order valence-electron chi connectivity index (χ0n) is 14.9. The average molecular weight is 326 g/mol. The molecule has 0 amide bonds. The van der Waals surface area contributed by atoms with E-state index in [1.165, 1.54) is 16.7 Å². The number of pyridine rings is 1. The van der Waals surface area contributed by atoms with Gasteiger partial charge in [-0.05, 0) is 37.5 Å². The molecular formula is C19H26N4O. The molecule has 1 aromatic heterocycles. The van der Waals surface area contributed by atoms with Crippen LogP contribution >= 0.6 is 0 Å². The SMILES string of the molecule is CN=C(NCCc1cc(C)cc(C)c1)NCc1ccnc(OC)c1. The largest absolute Gasteiger partial charge is 0.481 e. The zero-order chi connectivity index (χ0) is 17.4. The highest BCUT2D eigenvalue weighted by Crippen LogP contribution is 2.09. The van der Waals surface area contributed by atoms with E-state index >= 15 is 0 Å². The third-order valence-electron chi connectivity index (χ3n) is 3.68. The molecule has 2 rings (SSSR count). The Labute approximate surface area is 144 Å². The predicted octanol–water partition coefficient (Wildman–Crippen LogP) is 2.61. The van der Waals surface area contributed by atoms with Crippen molar-refractivity contribution in [2.45, 2.75) is 26.8 Å². The number of benzene rings is 1. The van der Waals surface area contributed by atoms with Crippen LogP contribution in [0.2, 0.25) is 0 Å². The number of aromatic nitrogens is 1. The van der Waals surface area contributed by atoms with Gasteiger partial charge in [0, 0.05) is 32.4 Å². The Morgan fingerprint density at radius 2 is 1.83 bits per heavy atom. The average Bonchev–Trinajstić information content (AvgIpc) is 2.57. The van der Waals surface area contributed by atoms with Gasteiger partial charge in [-0.25, -0.2) is 4.98 Å². The minimum Gasteiger partial charge on any atom is -0.481 e. The number of nitrogens with zero attached hydrogens (tertiary/aromatic N) is 2. The van der Waals surface area contributed by atoms with Crippen LogP contribution < -0.4 is 15.4 Å². The van der Waals surface area contributed by atoms with Crippen molar-refractivity contribution < 1.29 is 4.74 Å². The molecule has 0 radical (unpaired) electrons. The van der Waals surface area contributed by atoms with Crippen molar-refractivity contribution in [1.82, 2.24) is 15.6 Å². The lowest BCUT2D eigenvalue weighted by Gasteiger charge is -2.12. The number of nitrogens with one attached hydrogen (secondary N) is 2. The van der Waals surface area contributed by atoms with E-state index in [4.69, 9.17) is 4.74 Å². The summed E-state index contributed by atoms with van der Waals surface area (Å²) in [5.41, 5.74) is 5.05. The fourth-order valence-corrected chi connectivity index (χ4v) is 2.62. The number of aliphatic imine (C=N–C) groups is 1. The van der Waals surface area contributed by atoms with Gasteiger partial charge in [0.25, 0.3) is 0 Å². The van der Waals surface area contributed by atoms with Crippen LogP contribution in [0.5, 0.6) is 5.88 Å². The highest BCUT2D eigenvalue weighted by atomic mass is 16.5. The van der Waals surface area contributed by atoms with Crippen LogP contribution in [-0.4, -0.2) is 31.6 Å². The van der Waals surface area contributed by atoms with Crippen LogP contribution in [-0.2, 0) is 13.0 Å². The molecule has 5 nitrogen and oxygen atoms in total. The molecule has 0 aliphatic rings. The van der Waals surface area contributed by atoms with E-state index in [-0.39, 0.29) is 0 Å². The van der Waals surface area contributed by atoms with Crippen molar-refractivity contribution >= 4 is 5.96 Å². The van der Waals surface area contributed by atoms with E-state index in [2.05, 4.69) is 52.7 Å². The molecule has 1 aromatic carbocycles. The number of guanidine groups is 1. The molecule has 128 valence electrons. The van der Waals surface area contributed by atoms with E-state index in [1.807, 2.05) is 12.1 Å². The Hall–Kier alpha value is -2.56. The highest BCUT2D eigenvalue weighted by Gasteiger charge is 2.01. The second-order valence-corrected chi connectivity index (χ2v) is 5.80. The van der Waals surface area contributed by atoms with Crippen molar-refractivity contribution in [3.8, 4) is 5.88 Å². The lowest BCUT2D eigenvalue weighted by Crippen LogP contribution is -2.37. The van der Waals surface area contributed by atoms with Crippen molar-refractivity contribution in [2.24, 2.45) is 4.99 Å². The molecule has 24 heavy (non-hydrogen) atoms. The zero-order valence-corrected chi connectivity index (χ0v) is 14.9. The fourth-order valence-electron chi connectivity index (χ4n) is 2.62. The molecule has 2 aromatic rings. The summed E-state index contributed by atoms with van der Waals surface area (Å²) in [6.45, 7) is 5.77. The van der Waals surface area contributed by atoms with Crippen LogP contribution in [0.3, 0.4) is 0 Å². The molecule has 0 fully saturated rings. The molecule has 0 bridgehead atoms. The van der Waals surface area contributed by atoms with E-state index in [0.29, 0.717) is 12.4 Å². The first-order valence-electron chi connectivity index (χ1n) is 8.11. The lowest BCUT2D eigenvalue weighted by atomic mass is 10.1. The van der Waals surface area contributed by atoms with Crippen molar-refractivity contribution in [3.63, 3.8) is 0 Å². The number of methoxy groups -OCH3 is 1. The number of hydrogen-bond donors (Lipinski definition) is 2. The summed E-state index contributed by atoms with van der Waals surface area (Å²) in [7, 11) is 3.40. The van der Waals surface area contributed by atoms with Gasteiger partial charge < -0.3 is 15.4 Å². The smallest absolute Gasteiger partial charge is 0.213 e. The number of rotatable bonds is 6. The summed E-state index contributed by atoms with van der Waals surface area (Å²) >= 11 is 0. The van der Waals surface area contributed by atoms with E-state index in [1.54, 1.807) is 20.4 Å². The van der Waals surface area contributed by atoms with E-state index < -0.39 is 0 Å². The van der Waals surface area contributed by atoms with Crippen LogP contribution in [0.25, 0.3) is 0 Å². The maximum atomic E-state index is 5.14. The fraction of sp³-hybridized carbons (Fsp3) is 0.368. The first kappa shape index (κ1) is 17.8. The summed E-state index contributed by atoms with van der Waals surface area (Å²) in [5.74, 6) is 1.40. The summed E-state index contributed by atoms with van der Waals surface area (Å²) in [6, 6.07) is 10.5. The number of aryl methyl sites for hydroxylation is 2. The molecule has 2 N–H and O–H groups in total. The number of ether oxygens (including phenoxy) is 1. The van der Waals surface area contributed by atoms with Gasteiger partial charge >= 0.3 is 0 Å². The molecule has 5 heteroatoms. The Morgan fingerprint density at radius 1 is 1.08 bits per heavy atom. The van der Waals surface area contributed by atoms with Gasteiger partial charge in [0.2, 0.25) is 5.88 Å². The Kier molecular flexibility index (Phi) is 6.61. The minimum absolute atomic E-state index is 0.618. The molecule has 0 atom stereocenters. The van der Waals surface area contributed by atoms with E-state index in [0.717, 1.165) is 24.5 Å². The predicted molar refractivity (Wildman–Crippen MR) is 98.6 cm³/mol. The third kappa shape index (κ3) is 5.57. The Bertz CT molecular complexity index is 677. The molecule has 0 saturated heterocycles. The summed E-state index contributed by atoms with van der Waals surface area (Å²) < 4.78 is 5.14. The van der Waals surface area contributed by atoms with Crippen molar-refractivity contribution in [1.29, 1.82) is 0 Å². The molecule has 0 unspecified atom stereocenters. The lowest BCUT2D eigenvalue weighted by molar-refractivity contribution is 0.397. The molecular weight excluding hydrogens is 300 g/mol. The normalized spacial score (nSPS) is 11.2. The standard InChI is InChI=1S/C19H26N4O/c1-14-9-15(2)11-16(10-14)5-8-22-19(20-3)23-13-17-6-7-21-18(12-17)24-4/h6-7,9-12H,5,8,13H2,1-4H3,(H2,20,22,23). The third-order valence-corrected chi connectivity index (χ3v) is 3.68. The highest BCUT2D eigenvalue weighted by molar-refractivity contribution is 5.79. The molecule has 0 aliphatic carbocycles. The van der Waals surface area contributed by atoms with Gasteiger partial charge in [-0.1, -0.05) is 29.3 Å². The van der Waals surface area contributed by atoms with Gasteiger partial charge in [0.1, 0.15) is 0 Å². The Balaban J connectivity index is 1.82. The quantitative estimate of drug-likeness (QED) is 0.633. The Morgan fingerprint density at radius 3 is 2.50 bits per heavy atom. The maximum Gasteiger partial charge on any atom is 0.213 e. The topological polar surface area (TPSA) is 58.5 Å². The summed E-state index contributed by atoms with van der Waals surface area (Å²) in [5, 5.41) is 6.65. The first-order valence-corrected chi connectivity index (χ1v) is 8.11. The van der Waals surface area contributed by atoms with Crippen molar-refractivity contribution in [2.75, 3.05) is 20.7 Å². The molecule has 0 spiro atoms. The van der Waals surface area contributed by atoms with Crippen LogP contribution in [0, 0.1) is 13.8 Å². The van der Waals surface area contributed by atoms with Crippen LogP contribution in [0.1, 0.15) is 22.3 Å². The summed E-state index contributed by atoms with van der Waals surface area (Å²) in [4.78, 5) is 8.37. The van der Waals surface area contributed by atoms with Gasteiger partial charge in [0.05, 0.1) is 7.11 Å². The van der Waals surface area contributed by atoms with Crippen LogP contribution in [0.15, 0.2) is 41.5 Å². The first-order chi connectivity index (χ1) is 11.6. The van der Waals surface area contributed by atoms with Gasteiger partial charge in [-0.3, -0.25) is 4.99 Å². The molecule has 1 heterocycles. The minimum atomic E-state index is 0.618. The van der Waals surface area contributed by atoms with Gasteiger partial charge in [0.15, 0.2) is 5.96 Å².